The van der Waals surface area contributed by atoms with Crippen molar-refractivity contribution in [2.24, 2.45) is 56.7 Å². The molecule has 274 valence electrons. The molecule has 0 amide bonds. The Morgan fingerprint density at radius 3 is 2.45 bits per heavy atom. The highest BCUT2D eigenvalue weighted by molar-refractivity contribution is 9.10. The summed E-state index contributed by atoms with van der Waals surface area (Å²) in [5, 5.41) is 19.6. The van der Waals surface area contributed by atoms with Crippen molar-refractivity contribution in [2.75, 3.05) is 40.1 Å². The van der Waals surface area contributed by atoms with E-state index in [9.17, 15) is 9.90 Å². The third-order valence-electron chi connectivity index (χ3n) is 16.4. The number of likely N-dealkylation sites (N-methyl/N-ethyl adjacent to an activating group) is 1. The summed E-state index contributed by atoms with van der Waals surface area (Å²) < 4.78 is 22.8. The predicted molar refractivity (Wildman–Crippen MR) is 192 cm³/mol. The molecule has 7 rings (SSSR count). The van der Waals surface area contributed by atoms with Crippen LogP contribution in [0.25, 0.3) is 0 Å². The number of carboxylic acids is 1. The summed E-state index contributed by atoms with van der Waals surface area (Å²) in [6.45, 7) is 19.7. The number of halogens is 1. The molecule has 0 radical (unpaired) electrons. The fourth-order valence-electron chi connectivity index (χ4n) is 13.0. The lowest BCUT2D eigenvalue weighted by Gasteiger charge is -2.71. The van der Waals surface area contributed by atoms with E-state index in [0.717, 1.165) is 75.9 Å². The molecule has 3 heterocycles. The number of nitrogens with one attached hydrogen (secondary N) is 1. The Kier molecular flexibility index (Phi) is 9.11. The van der Waals surface area contributed by atoms with E-state index in [1.165, 1.54) is 5.57 Å². The first-order valence-electron chi connectivity index (χ1n) is 19.1. The second-order valence-electron chi connectivity index (χ2n) is 18.5. The van der Waals surface area contributed by atoms with Crippen LogP contribution in [0.4, 0.5) is 0 Å². The number of fused-ring (bicyclic) bond motifs is 3. The van der Waals surface area contributed by atoms with E-state index in [1.807, 2.05) is 0 Å². The molecule has 2 saturated heterocycles. The molecule has 6 aliphatic rings. The SMILES string of the molecule is CNC1(CO[C@H]2[C@H](n3ncnc3Br)C[C@]3(C)COC[C@@]24C2=CC[C@@]5(C)[C@H](C(=O)O)[C@@](C)([C@H](C)C(C)C)CC[C@]5(C)[C@H]2CC[C@H]34)CCOCC1. The summed E-state index contributed by atoms with van der Waals surface area (Å²) >= 11 is 3.75. The largest absolute Gasteiger partial charge is 0.481 e. The monoisotopic (exact) mass is 744 g/mol. The van der Waals surface area contributed by atoms with Gasteiger partial charge < -0.3 is 24.6 Å². The van der Waals surface area contributed by atoms with E-state index >= 15 is 0 Å². The second kappa shape index (κ2) is 12.4. The standard InChI is InChI=1S/C39H61BrN4O5/c1-24(2)25(3)35(5)13-14-36(6)26-9-10-29-34(4)19-28(44-33(40)42-23-43-44)31(49-21-38(41-8)15-17-47-18-16-38)39(29,22-48-20-34)27(26)11-12-37(36,7)30(35)32(45)46/h11,23-26,28-31,41H,9-10,12-22H2,1-8H3,(H,45,46)/t25-,26+,28-,29-,30-,31+,34-,35-,36-,37+,39+/m1/s1. The smallest absolute Gasteiger partial charge is 0.307 e. The minimum absolute atomic E-state index is 0.0233. The third-order valence-corrected chi connectivity index (χ3v) is 16.9. The number of allylic oxidation sites excluding steroid dienone is 1. The zero-order valence-corrected chi connectivity index (χ0v) is 32.8. The normalized spacial score (nSPS) is 45.1. The molecule has 0 aromatic carbocycles. The van der Waals surface area contributed by atoms with Crippen LogP contribution in [-0.4, -0.2) is 77.6 Å². The highest BCUT2D eigenvalue weighted by atomic mass is 79.9. The van der Waals surface area contributed by atoms with Gasteiger partial charge >= 0.3 is 5.97 Å². The van der Waals surface area contributed by atoms with E-state index in [0.29, 0.717) is 31.0 Å². The third kappa shape index (κ3) is 5.06. The quantitative estimate of drug-likeness (QED) is 0.267. The lowest BCUT2D eigenvalue weighted by atomic mass is 9.34. The van der Waals surface area contributed by atoms with Crippen LogP contribution in [0.5, 0.6) is 0 Å². The summed E-state index contributed by atoms with van der Waals surface area (Å²) in [5.74, 6) is 0.357. The van der Waals surface area contributed by atoms with Gasteiger partial charge in [0.2, 0.25) is 0 Å². The Bertz CT molecular complexity index is 1460. The van der Waals surface area contributed by atoms with Gasteiger partial charge in [-0.05, 0) is 120 Å². The van der Waals surface area contributed by atoms with Gasteiger partial charge in [0.1, 0.15) is 6.33 Å². The predicted octanol–water partition coefficient (Wildman–Crippen LogP) is 7.32. The van der Waals surface area contributed by atoms with Crippen LogP contribution in [0.3, 0.4) is 0 Å². The minimum atomic E-state index is -0.621. The van der Waals surface area contributed by atoms with Crippen molar-refractivity contribution in [1.82, 2.24) is 20.1 Å². The first kappa shape index (κ1) is 36.0. The number of hydrogen-bond acceptors (Lipinski definition) is 7. The van der Waals surface area contributed by atoms with Crippen molar-refractivity contribution >= 4 is 21.9 Å². The molecule has 49 heavy (non-hydrogen) atoms. The molecule has 2 aliphatic heterocycles. The van der Waals surface area contributed by atoms with Gasteiger partial charge in [-0.25, -0.2) is 9.67 Å². The van der Waals surface area contributed by atoms with Crippen molar-refractivity contribution in [3.63, 3.8) is 0 Å². The van der Waals surface area contributed by atoms with E-state index in [2.05, 4.69) is 92.5 Å². The van der Waals surface area contributed by atoms with Gasteiger partial charge in [-0.1, -0.05) is 60.1 Å². The Morgan fingerprint density at radius 2 is 1.82 bits per heavy atom. The van der Waals surface area contributed by atoms with Gasteiger partial charge in [-0.3, -0.25) is 4.79 Å². The van der Waals surface area contributed by atoms with Crippen LogP contribution >= 0.6 is 15.9 Å². The van der Waals surface area contributed by atoms with Crippen LogP contribution < -0.4 is 5.32 Å². The maximum atomic E-state index is 13.6. The highest BCUT2D eigenvalue weighted by Gasteiger charge is 2.72. The molecule has 1 aromatic heterocycles. The molecule has 4 aliphatic carbocycles. The minimum Gasteiger partial charge on any atom is -0.481 e. The van der Waals surface area contributed by atoms with Gasteiger partial charge in [0, 0.05) is 24.2 Å². The second-order valence-corrected chi connectivity index (χ2v) is 19.2. The lowest BCUT2D eigenvalue weighted by molar-refractivity contribution is -0.255. The van der Waals surface area contributed by atoms with E-state index in [1.54, 1.807) is 6.33 Å². The number of hydrogen-bond donors (Lipinski definition) is 2. The zero-order chi connectivity index (χ0) is 35.2. The summed E-state index contributed by atoms with van der Waals surface area (Å²) in [7, 11) is 2.06. The number of rotatable bonds is 8. The van der Waals surface area contributed by atoms with Crippen LogP contribution in [0, 0.1) is 56.7 Å². The number of ether oxygens (including phenoxy) is 3. The molecule has 2 N–H and O–H groups in total. The van der Waals surface area contributed by atoms with Crippen molar-refractivity contribution < 1.29 is 24.1 Å². The van der Waals surface area contributed by atoms with E-state index in [4.69, 9.17) is 19.3 Å². The summed E-state index contributed by atoms with van der Waals surface area (Å²) in [4.78, 5) is 18.1. The van der Waals surface area contributed by atoms with Crippen molar-refractivity contribution in [3.05, 3.63) is 22.7 Å². The molecule has 11 atom stereocenters. The van der Waals surface area contributed by atoms with Gasteiger partial charge in [0.15, 0.2) is 4.73 Å². The number of aromatic nitrogens is 3. The topological polar surface area (TPSA) is 108 Å². The molecular weight excluding hydrogens is 684 g/mol. The van der Waals surface area contributed by atoms with E-state index < -0.39 is 11.9 Å². The number of carboxylic acid groups (broad SMARTS) is 1. The lowest BCUT2D eigenvalue weighted by Crippen LogP contribution is -2.70. The first-order valence-corrected chi connectivity index (χ1v) is 19.9. The molecule has 9 nitrogen and oxygen atoms in total. The van der Waals surface area contributed by atoms with Gasteiger partial charge in [0.05, 0.1) is 37.9 Å². The zero-order valence-electron chi connectivity index (χ0n) is 31.2. The van der Waals surface area contributed by atoms with Gasteiger partial charge in [-0.2, -0.15) is 5.10 Å². The first-order chi connectivity index (χ1) is 23.1. The Hall–Kier alpha value is -1.33. The van der Waals surface area contributed by atoms with Crippen LogP contribution in [0.1, 0.15) is 106 Å². The molecule has 0 unspecified atom stereocenters. The fraction of sp³-hybridized carbons (Fsp3) is 0.872. The molecule has 5 fully saturated rings. The van der Waals surface area contributed by atoms with Crippen molar-refractivity contribution in [3.8, 4) is 0 Å². The van der Waals surface area contributed by atoms with Gasteiger partial charge in [0.25, 0.3) is 0 Å². The highest BCUT2D eigenvalue weighted by Crippen LogP contribution is 2.75. The number of carbonyl (C=O) groups is 1. The average molecular weight is 746 g/mol. The summed E-state index contributed by atoms with van der Waals surface area (Å²) in [6, 6.07) is -0.0233. The van der Waals surface area contributed by atoms with E-state index in [-0.39, 0.29) is 50.7 Å². The Labute approximate surface area is 302 Å². The van der Waals surface area contributed by atoms with Crippen LogP contribution in [0.15, 0.2) is 22.7 Å². The van der Waals surface area contributed by atoms with Crippen molar-refractivity contribution in [1.29, 1.82) is 0 Å². The van der Waals surface area contributed by atoms with Crippen molar-refractivity contribution in [2.45, 2.75) is 118 Å². The summed E-state index contributed by atoms with van der Waals surface area (Å²) in [6.07, 6.45) is 11.6. The molecular formula is C39H61BrN4O5. The summed E-state index contributed by atoms with van der Waals surface area (Å²) in [5.41, 5.74) is 0.122. The maximum absolute atomic E-state index is 13.6. The molecule has 2 bridgehead atoms. The van der Waals surface area contributed by atoms with Crippen LogP contribution in [0.2, 0.25) is 0 Å². The Balaban J connectivity index is 1.37. The molecule has 0 spiro atoms. The Morgan fingerprint density at radius 1 is 1.08 bits per heavy atom. The number of aliphatic carboxylic acids is 1. The molecule has 1 aromatic rings. The van der Waals surface area contributed by atoms with Gasteiger partial charge in [-0.15, -0.1) is 0 Å². The fourth-order valence-corrected chi connectivity index (χ4v) is 13.5. The average Bonchev–Trinajstić information content (AvgIpc) is 3.49. The molecule has 10 heteroatoms. The van der Waals surface area contributed by atoms with Crippen LogP contribution in [-0.2, 0) is 19.0 Å². The maximum Gasteiger partial charge on any atom is 0.307 e. The molecule has 3 saturated carbocycles. The number of nitrogens with zero attached hydrogens (tertiary/aromatic N) is 3.